The summed E-state index contributed by atoms with van der Waals surface area (Å²) < 4.78 is 22.7. The second-order valence-electron chi connectivity index (χ2n) is 3.73. The van der Waals surface area contributed by atoms with Crippen LogP contribution in [0.5, 0.6) is 5.75 Å². The van der Waals surface area contributed by atoms with E-state index in [4.69, 9.17) is 18.9 Å². The van der Waals surface area contributed by atoms with E-state index in [-0.39, 0.29) is 12.4 Å². The van der Waals surface area contributed by atoms with Crippen LogP contribution >= 0.6 is 15.9 Å². The van der Waals surface area contributed by atoms with Gasteiger partial charge in [-0.05, 0) is 24.3 Å². The van der Waals surface area contributed by atoms with Crippen molar-refractivity contribution in [3.63, 3.8) is 0 Å². The summed E-state index contributed by atoms with van der Waals surface area (Å²) in [6.45, 7) is 1.48. The molecule has 5 heteroatoms. The highest BCUT2D eigenvalue weighted by atomic mass is 79.9. The van der Waals surface area contributed by atoms with Gasteiger partial charge in [0.15, 0.2) is 6.29 Å². The van der Waals surface area contributed by atoms with Crippen molar-refractivity contribution in [2.75, 3.05) is 26.9 Å². The van der Waals surface area contributed by atoms with E-state index in [0.717, 1.165) is 10.2 Å². The molecule has 0 aromatic heterocycles. The van der Waals surface area contributed by atoms with Crippen molar-refractivity contribution in [3.05, 3.63) is 28.7 Å². The molecule has 0 aliphatic carbocycles. The third-order valence-electron chi connectivity index (χ3n) is 2.41. The minimum Gasteiger partial charge on any atom is -0.491 e. The molecule has 17 heavy (non-hydrogen) atoms. The van der Waals surface area contributed by atoms with Crippen LogP contribution in [0.1, 0.15) is 0 Å². The lowest BCUT2D eigenvalue weighted by Gasteiger charge is -2.28. The third-order valence-corrected chi connectivity index (χ3v) is 2.94. The monoisotopic (exact) mass is 302 g/mol. The van der Waals surface area contributed by atoms with Gasteiger partial charge in [0.2, 0.25) is 0 Å². The Morgan fingerprint density at radius 3 is 2.76 bits per heavy atom. The Balaban J connectivity index is 1.79. The van der Waals surface area contributed by atoms with E-state index in [2.05, 4.69) is 15.9 Å². The summed E-state index contributed by atoms with van der Waals surface area (Å²) in [5.74, 6) is 0.816. The Hall–Kier alpha value is -0.620. The smallest absolute Gasteiger partial charge is 0.181 e. The molecule has 1 aliphatic rings. The maximum Gasteiger partial charge on any atom is 0.181 e. The maximum atomic E-state index is 5.61. The van der Waals surface area contributed by atoms with Gasteiger partial charge in [-0.1, -0.05) is 15.9 Å². The summed E-state index contributed by atoms with van der Waals surface area (Å²) in [6.07, 6.45) is -0.375. The molecule has 0 spiro atoms. The summed E-state index contributed by atoms with van der Waals surface area (Å²) in [6, 6.07) is 7.68. The van der Waals surface area contributed by atoms with Crippen molar-refractivity contribution < 1.29 is 18.9 Å². The molecular formula is C12H15BrO4. The molecule has 2 rings (SSSR count). The van der Waals surface area contributed by atoms with Gasteiger partial charge in [-0.25, -0.2) is 0 Å². The van der Waals surface area contributed by atoms with Crippen LogP contribution in [0.3, 0.4) is 0 Å². The molecule has 0 saturated carbocycles. The largest absolute Gasteiger partial charge is 0.491 e. The quantitative estimate of drug-likeness (QED) is 0.854. The molecule has 1 aromatic rings. The highest BCUT2D eigenvalue weighted by Gasteiger charge is 2.23. The molecule has 1 aliphatic heterocycles. The minimum atomic E-state index is -0.290. The zero-order chi connectivity index (χ0) is 12.1. The predicted molar refractivity (Wildman–Crippen MR) is 66.1 cm³/mol. The summed E-state index contributed by atoms with van der Waals surface area (Å²) in [5, 5.41) is 0. The molecule has 4 nitrogen and oxygen atoms in total. The Bertz CT molecular complexity index is 341. The highest BCUT2D eigenvalue weighted by molar-refractivity contribution is 9.10. The lowest BCUT2D eigenvalue weighted by Crippen LogP contribution is -2.40. The molecule has 0 bridgehead atoms. The molecule has 1 heterocycles. The van der Waals surface area contributed by atoms with Gasteiger partial charge in [0, 0.05) is 11.6 Å². The van der Waals surface area contributed by atoms with Crippen LogP contribution in [0.4, 0.5) is 0 Å². The molecule has 1 saturated heterocycles. The van der Waals surface area contributed by atoms with Crippen molar-refractivity contribution in [2.45, 2.75) is 12.4 Å². The molecule has 2 atom stereocenters. The zero-order valence-corrected chi connectivity index (χ0v) is 11.2. The van der Waals surface area contributed by atoms with Gasteiger partial charge in [0.05, 0.1) is 13.2 Å². The van der Waals surface area contributed by atoms with Crippen LogP contribution in [-0.2, 0) is 14.2 Å². The van der Waals surface area contributed by atoms with E-state index >= 15 is 0 Å². The molecule has 0 N–H and O–H groups in total. The highest BCUT2D eigenvalue weighted by Crippen LogP contribution is 2.17. The first-order valence-electron chi connectivity index (χ1n) is 5.42. The number of hydrogen-bond acceptors (Lipinski definition) is 4. The van der Waals surface area contributed by atoms with Crippen LogP contribution in [0.2, 0.25) is 0 Å². The van der Waals surface area contributed by atoms with Gasteiger partial charge < -0.3 is 18.9 Å². The van der Waals surface area contributed by atoms with E-state index in [0.29, 0.717) is 19.8 Å². The van der Waals surface area contributed by atoms with E-state index < -0.39 is 0 Å². The van der Waals surface area contributed by atoms with Crippen molar-refractivity contribution in [1.29, 1.82) is 0 Å². The first-order valence-corrected chi connectivity index (χ1v) is 6.21. The number of methoxy groups -OCH3 is 1. The van der Waals surface area contributed by atoms with Crippen LogP contribution < -0.4 is 4.74 Å². The van der Waals surface area contributed by atoms with Crippen molar-refractivity contribution in [1.82, 2.24) is 0 Å². The Labute approximate surface area is 109 Å². The van der Waals surface area contributed by atoms with Gasteiger partial charge in [0.1, 0.15) is 18.5 Å². The van der Waals surface area contributed by atoms with Crippen LogP contribution in [0.25, 0.3) is 0 Å². The van der Waals surface area contributed by atoms with Gasteiger partial charge in [0.25, 0.3) is 0 Å². The third kappa shape index (κ3) is 3.96. The Kier molecular flexibility index (Phi) is 4.79. The summed E-state index contributed by atoms with van der Waals surface area (Å²) >= 11 is 3.37. The van der Waals surface area contributed by atoms with Crippen molar-refractivity contribution in [2.24, 2.45) is 0 Å². The second-order valence-corrected chi connectivity index (χ2v) is 4.64. The fourth-order valence-electron chi connectivity index (χ4n) is 1.52. The first kappa shape index (κ1) is 12.8. The molecular weight excluding hydrogens is 288 g/mol. The zero-order valence-electron chi connectivity index (χ0n) is 9.60. The standard InChI is InChI=1S/C12H15BrO4/c1-14-12-8-15-6-11(17-12)7-16-10-4-2-9(13)3-5-10/h2-5,11-12H,6-8H2,1H3. The van der Waals surface area contributed by atoms with Gasteiger partial charge in [-0.3, -0.25) is 0 Å². The Morgan fingerprint density at radius 1 is 1.29 bits per heavy atom. The minimum absolute atomic E-state index is 0.0858. The normalized spacial score (nSPS) is 24.6. The molecule has 94 valence electrons. The predicted octanol–water partition coefficient (Wildman–Crippen LogP) is 2.22. The van der Waals surface area contributed by atoms with Gasteiger partial charge in [-0.15, -0.1) is 0 Å². The fourth-order valence-corrected chi connectivity index (χ4v) is 1.78. The molecule has 2 unspecified atom stereocenters. The SMILES string of the molecule is COC1COCC(COc2ccc(Br)cc2)O1. The summed E-state index contributed by atoms with van der Waals surface area (Å²) in [5.41, 5.74) is 0. The van der Waals surface area contributed by atoms with Crippen LogP contribution in [0, 0.1) is 0 Å². The van der Waals surface area contributed by atoms with E-state index in [1.54, 1.807) is 7.11 Å². The van der Waals surface area contributed by atoms with E-state index in [1.165, 1.54) is 0 Å². The number of benzene rings is 1. The fraction of sp³-hybridized carbons (Fsp3) is 0.500. The number of hydrogen-bond donors (Lipinski definition) is 0. The second kappa shape index (κ2) is 6.35. The lowest BCUT2D eigenvalue weighted by atomic mass is 10.3. The molecule has 1 fully saturated rings. The van der Waals surface area contributed by atoms with Gasteiger partial charge in [-0.2, -0.15) is 0 Å². The topological polar surface area (TPSA) is 36.9 Å². The maximum absolute atomic E-state index is 5.61. The summed E-state index contributed by atoms with van der Waals surface area (Å²) in [7, 11) is 1.60. The van der Waals surface area contributed by atoms with Gasteiger partial charge >= 0.3 is 0 Å². The van der Waals surface area contributed by atoms with Crippen LogP contribution in [0.15, 0.2) is 28.7 Å². The average molecular weight is 303 g/mol. The lowest BCUT2D eigenvalue weighted by molar-refractivity contribution is -0.237. The summed E-state index contributed by atoms with van der Waals surface area (Å²) in [4.78, 5) is 0. The number of ether oxygens (including phenoxy) is 4. The molecule has 0 radical (unpaired) electrons. The van der Waals surface area contributed by atoms with Crippen molar-refractivity contribution in [3.8, 4) is 5.75 Å². The average Bonchev–Trinajstić information content (AvgIpc) is 2.38. The van der Waals surface area contributed by atoms with Crippen LogP contribution in [-0.4, -0.2) is 39.3 Å². The molecule has 0 amide bonds. The van der Waals surface area contributed by atoms with Crippen molar-refractivity contribution >= 4 is 15.9 Å². The van der Waals surface area contributed by atoms with E-state index in [1.807, 2.05) is 24.3 Å². The first-order chi connectivity index (χ1) is 8.28. The number of rotatable bonds is 4. The molecule has 1 aromatic carbocycles. The Morgan fingerprint density at radius 2 is 2.06 bits per heavy atom. The van der Waals surface area contributed by atoms with E-state index in [9.17, 15) is 0 Å². The number of halogens is 1.